The summed E-state index contributed by atoms with van der Waals surface area (Å²) < 4.78 is 28.3. The number of benzene rings is 3. The Balaban J connectivity index is 1.38. The van der Waals surface area contributed by atoms with Crippen molar-refractivity contribution in [1.29, 1.82) is 0 Å². The van der Waals surface area contributed by atoms with E-state index in [0.717, 1.165) is 4.70 Å². The number of halogens is 2. The SMILES string of the molecule is O=C(NC(=S)Nc1ccc2nc(NC(=S)NC(=O)c3ccccc3F)sc2c1)c1ccccc1F. The molecule has 0 atom stereocenters. The summed E-state index contributed by atoms with van der Waals surface area (Å²) in [4.78, 5) is 28.8. The van der Waals surface area contributed by atoms with E-state index in [1.807, 2.05) is 0 Å². The molecule has 176 valence electrons. The molecule has 0 saturated carbocycles. The largest absolute Gasteiger partial charge is 0.332 e. The Morgan fingerprint density at radius 1 is 0.771 bits per heavy atom. The first-order chi connectivity index (χ1) is 16.8. The van der Waals surface area contributed by atoms with Gasteiger partial charge in [0.15, 0.2) is 15.4 Å². The molecule has 1 heterocycles. The van der Waals surface area contributed by atoms with Crippen molar-refractivity contribution >= 4 is 78.8 Å². The lowest BCUT2D eigenvalue weighted by molar-refractivity contribution is 0.0965. The molecule has 4 rings (SSSR count). The number of fused-ring (bicyclic) bond motifs is 1. The summed E-state index contributed by atoms with van der Waals surface area (Å²) >= 11 is 11.5. The van der Waals surface area contributed by atoms with Crippen molar-refractivity contribution in [2.75, 3.05) is 10.6 Å². The summed E-state index contributed by atoms with van der Waals surface area (Å²) in [5.74, 6) is -2.66. The third-order valence-electron chi connectivity index (χ3n) is 4.56. The number of anilines is 2. The van der Waals surface area contributed by atoms with E-state index < -0.39 is 23.4 Å². The average Bonchev–Trinajstić information content (AvgIpc) is 3.20. The number of amides is 2. The lowest BCUT2D eigenvalue weighted by Gasteiger charge is -2.10. The van der Waals surface area contributed by atoms with Gasteiger partial charge in [-0.2, -0.15) is 0 Å². The molecule has 0 aliphatic heterocycles. The number of thiazole rings is 1. The summed E-state index contributed by atoms with van der Waals surface area (Å²) in [5, 5.41) is 10.9. The molecule has 0 bridgehead atoms. The molecule has 1 aromatic heterocycles. The van der Waals surface area contributed by atoms with Crippen molar-refractivity contribution in [3.8, 4) is 0 Å². The molecule has 12 heteroatoms. The van der Waals surface area contributed by atoms with Crippen molar-refractivity contribution in [3.05, 3.63) is 89.5 Å². The van der Waals surface area contributed by atoms with Gasteiger partial charge in [0.05, 0.1) is 21.3 Å². The van der Waals surface area contributed by atoms with E-state index in [1.165, 1.54) is 47.7 Å². The third kappa shape index (κ3) is 5.98. The van der Waals surface area contributed by atoms with Gasteiger partial charge >= 0.3 is 0 Å². The molecule has 0 unspecified atom stereocenters. The van der Waals surface area contributed by atoms with Crippen LogP contribution in [0, 0.1) is 11.6 Å². The molecule has 2 amide bonds. The van der Waals surface area contributed by atoms with Gasteiger partial charge in [-0.15, -0.1) is 0 Å². The number of rotatable bonds is 4. The van der Waals surface area contributed by atoms with Crippen molar-refractivity contribution in [1.82, 2.24) is 15.6 Å². The lowest BCUT2D eigenvalue weighted by atomic mass is 10.2. The van der Waals surface area contributed by atoms with Crippen molar-refractivity contribution in [2.45, 2.75) is 0 Å². The summed E-state index contributed by atoms with van der Waals surface area (Å²) in [6, 6.07) is 16.3. The van der Waals surface area contributed by atoms with E-state index in [1.54, 1.807) is 30.3 Å². The zero-order valence-electron chi connectivity index (χ0n) is 17.6. The highest BCUT2D eigenvalue weighted by molar-refractivity contribution is 7.80. The van der Waals surface area contributed by atoms with Gasteiger partial charge < -0.3 is 10.6 Å². The summed E-state index contributed by atoms with van der Waals surface area (Å²) in [5.41, 5.74) is 0.965. The quantitative estimate of drug-likeness (QED) is 0.283. The maximum absolute atomic E-state index is 13.8. The van der Waals surface area contributed by atoms with Crippen LogP contribution in [0.3, 0.4) is 0 Å². The van der Waals surface area contributed by atoms with E-state index in [-0.39, 0.29) is 21.4 Å². The Bertz CT molecular complexity index is 1400. The molecule has 4 N–H and O–H groups in total. The van der Waals surface area contributed by atoms with Gasteiger partial charge in [-0.05, 0) is 66.9 Å². The molecular formula is C23H15F2N5O2S3. The maximum Gasteiger partial charge on any atom is 0.260 e. The lowest BCUT2D eigenvalue weighted by Crippen LogP contribution is -2.34. The highest BCUT2D eigenvalue weighted by Gasteiger charge is 2.15. The minimum atomic E-state index is -0.681. The minimum Gasteiger partial charge on any atom is -0.332 e. The molecule has 0 fully saturated rings. The first kappa shape index (κ1) is 24.3. The van der Waals surface area contributed by atoms with Gasteiger partial charge in [-0.25, -0.2) is 13.8 Å². The number of nitrogens with zero attached hydrogens (tertiary/aromatic N) is 1. The van der Waals surface area contributed by atoms with Crippen LogP contribution in [0.25, 0.3) is 10.2 Å². The minimum absolute atomic E-state index is 0.00231. The second-order valence-electron chi connectivity index (χ2n) is 6.98. The fourth-order valence-electron chi connectivity index (χ4n) is 2.98. The number of aromatic nitrogens is 1. The predicted molar refractivity (Wildman–Crippen MR) is 140 cm³/mol. The van der Waals surface area contributed by atoms with Gasteiger partial charge in [0.1, 0.15) is 11.6 Å². The van der Waals surface area contributed by atoms with Crippen molar-refractivity contribution in [2.24, 2.45) is 0 Å². The Morgan fingerprint density at radius 2 is 1.31 bits per heavy atom. The average molecular weight is 528 g/mol. The standard InChI is InChI=1S/C23H15F2N5O2S3/c24-15-7-3-1-5-13(15)19(31)28-21(33)26-12-9-10-17-18(11-12)35-23(27-17)30-22(34)29-20(32)14-6-2-4-8-16(14)25/h1-11H,(H2,26,28,31,33)(H2,27,29,30,32,34). The molecule has 0 radical (unpaired) electrons. The molecule has 0 spiro atoms. The fourth-order valence-corrected chi connectivity index (χ4v) is 4.35. The molecule has 35 heavy (non-hydrogen) atoms. The van der Waals surface area contributed by atoms with Gasteiger partial charge in [-0.3, -0.25) is 20.2 Å². The first-order valence-corrected chi connectivity index (χ1v) is 11.6. The van der Waals surface area contributed by atoms with Crippen LogP contribution in [0.4, 0.5) is 19.6 Å². The summed E-state index contributed by atoms with van der Waals surface area (Å²) in [6.07, 6.45) is 0. The Hall–Kier alpha value is -3.87. The number of thiocarbonyl (C=S) groups is 2. The number of carbonyl (C=O) groups is 2. The van der Waals surface area contributed by atoms with Crippen LogP contribution in [-0.4, -0.2) is 27.0 Å². The van der Waals surface area contributed by atoms with Crippen LogP contribution >= 0.6 is 35.8 Å². The van der Waals surface area contributed by atoms with E-state index >= 15 is 0 Å². The monoisotopic (exact) mass is 527 g/mol. The van der Waals surface area contributed by atoms with Crippen LogP contribution in [0.15, 0.2) is 66.7 Å². The zero-order chi connectivity index (χ0) is 24.9. The van der Waals surface area contributed by atoms with Gasteiger partial charge in [0.2, 0.25) is 0 Å². The van der Waals surface area contributed by atoms with Crippen LogP contribution in [0.1, 0.15) is 20.7 Å². The number of hydrogen-bond acceptors (Lipinski definition) is 6. The van der Waals surface area contributed by atoms with Crippen LogP contribution in [-0.2, 0) is 0 Å². The van der Waals surface area contributed by atoms with E-state index in [9.17, 15) is 18.4 Å². The molecule has 7 nitrogen and oxygen atoms in total. The fraction of sp³-hybridized carbons (Fsp3) is 0. The maximum atomic E-state index is 13.8. The second-order valence-corrected chi connectivity index (χ2v) is 8.82. The van der Waals surface area contributed by atoms with E-state index in [0.29, 0.717) is 16.3 Å². The highest BCUT2D eigenvalue weighted by atomic mass is 32.1. The van der Waals surface area contributed by atoms with Crippen molar-refractivity contribution < 1.29 is 18.4 Å². The number of hydrogen-bond donors (Lipinski definition) is 4. The Kier molecular flexibility index (Phi) is 7.34. The summed E-state index contributed by atoms with van der Waals surface area (Å²) in [7, 11) is 0. The molecular weight excluding hydrogens is 512 g/mol. The van der Waals surface area contributed by atoms with E-state index in [2.05, 4.69) is 26.3 Å². The van der Waals surface area contributed by atoms with Gasteiger partial charge in [0, 0.05) is 5.69 Å². The van der Waals surface area contributed by atoms with Gasteiger partial charge in [0.25, 0.3) is 11.8 Å². The molecule has 4 aromatic rings. The molecule has 0 aliphatic rings. The first-order valence-electron chi connectivity index (χ1n) is 9.94. The third-order valence-corrected chi connectivity index (χ3v) is 5.90. The number of nitrogens with one attached hydrogen (secondary N) is 4. The molecule has 0 saturated heterocycles. The van der Waals surface area contributed by atoms with Crippen LogP contribution in [0.5, 0.6) is 0 Å². The van der Waals surface area contributed by atoms with Gasteiger partial charge in [-0.1, -0.05) is 35.6 Å². The number of carbonyl (C=O) groups excluding carboxylic acids is 2. The molecule has 0 aliphatic carbocycles. The smallest absolute Gasteiger partial charge is 0.260 e. The molecule has 3 aromatic carbocycles. The van der Waals surface area contributed by atoms with Crippen molar-refractivity contribution in [3.63, 3.8) is 0 Å². The highest BCUT2D eigenvalue weighted by Crippen LogP contribution is 2.28. The second kappa shape index (κ2) is 10.6. The Morgan fingerprint density at radius 3 is 1.89 bits per heavy atom. The van der Waals surface area contributed by atoms with E-state index in [4.69, 9.17) is 24.4 Å². The normalized spacial score (nSPS) is 10.5. The topological polar surface area (TPSA) is 95.2 Å². The predicted octanol–water partition coefficient (Wildman–Crippen LogP) is 4.83. The van der Waals surface area contributed by atoms with Crippen LogP contribution in [0.2, 0.25) is 0 Å². The Labute approximate surface area is 212 Å². The zero-order valence-corrected chi connectivity index (χ0v) is 20.0. The summed E-state index contributed by atoms with van der Waals surface area (Å²) in [6.45, 7) is 0. The van der Waals surface area contributed by atoms with Crippen LogP contribution < -0.4 is 21.3 Å².